The van der Waals surface area contributed by atoms with Crippen LogP contribution in [0.25, 0.3) is 0 Å². The molecule has 2 fully saturated rings. The lowest BCUT2D eigenvalue weighted by Gasteiger charge is -2.32. The Hall–Kier alpha value is -2.39. The van der Waals surface area contributed by atoms with Gasteiger partial charge in [0.05, 0.1) is 12.7 Å². The molecule has 9 heteroatoms. The molecule has 2 saturated heterocycles. The molecule has 0 saturated carbocycles. The fraction of sp³-hybridized carbons (Fsp3) is 0.571. The summed E-state index contributed by atoms with van der Waals surface area (Å²) in [5.74, 6) is -0.669. The summed E-state index contributed by atoms with van der Waals surface area (Å²) in [5, 5.41) is 4.04. The summed E-state index contributed by atoms with van der Waals surface area (Å²) < 4.78 is 43.1. The van der Waals surface area contributed by atoms with Gasteiger partial charge >= 0.3 is 0 Å². The van der Waals surface area contributed by atoms with Crippen LogP contribution in [0.5, 0.6) is 0 Å². The average molecular weight is 421 g/mol. The first kappa shape index (κ1) is 20.9. The smallest absolute Gasteiger partial charge is 0.253 e. The van der Waals surface area contributed by atoms with E-state index in [9.17, 15) is 13.6 Å². The van der Waals surface area contributed by atoms with Crippen LogP contribution in [0.4, 0.5) is 8.78 Å². The van der Waals surface area contributed by atoms with Gasteiger partial charge in [-0.3, -0.25) is 4.79 Å². The van der Waals surface area contributed by atoms with E-state index in [2.05, 4.69) is 10.1 Å². The number of likely N-dealkylation sites (tertiary alicyclic amines) is 1. The highest BCUT2D eigenvalue weighted by Gasteiger charge is 2.25. The van der Waals surface area contributed by atoms with Crippen molar-refractivity contribution >= 4 is 5.91 Å². The van der Waals surface area contributed by atoms with Gasteiger partial charge in [-0.25, -0.2) is 8.78 Å². The van der Waals surface area contributed by atoms with Gasteiger partial charge in [-0.15, -0.1) is 0 Å². The number of nitrogens with zero attached hydrogens (tertiary/aromatic N) is 3. The SMILES string of the molecule is O=C(c1ccc(F)c(F)c1)N1CCC(OCCc2noc(C3CCOCC3)n2)CC1. The molecule has 2 aliphatic rings. The van der Waals surface area contributed by atoms with Crippen LogP contribution in [-0.2, 0) is 15.9 Å². The highest BCUT2D eigenvalue weighted by Crippen LogP contribution is 2.25. The normalized spacial score (nSPS) is 18.7. The number of piperidine rings is 1. The van der Waals surface area contributed by atoms with E-state index in [1.165, 1.54) is 6.07 Å². The van der Waals surface area contributed by atoms with Crippen molar-refractivity contribution in [2.45, 2.75) is 44.1 Å². The van der Waals surface area contributed by atoms with Crippen LogP contribution in [-0.4, -0.2) is 60.0 Å². The van der Waals surface area contributed by atoms with E-state index in [1.54, 1.807) is 4.90 Å². The molecule has 162 valence electrons. The largest absolute Gasteiger partial charge is 0.381 e. The van der Waals surface area contributed by atoms with Crippen LogP contribution in [0, 0.1) is 11.6 Å². The number of ether oxygens (including phenoxy) is 2. The van der Waals surface area contributed by atoms with E-state index >= 15 is 0 Å². The Kier molecular flexibility index (Phi) is 6.69. The monoisotopic (exact) mass is 421 g/mol. The summed E-state index contributed by atoms with van der Waals surface area (Å²) >= 11 is 0. The van der Waals surface area contributed by atoms with E-state index < -0.39 is 11.6 Å². The first-order valence-electron chi connectivity index (χ1n) is 10.4. The molecule has 2 aliphatic heterocycles. The van der Waals surface area contributed by atoms with Crippen molar-refractivity contribution in [1.29, 1.82) is 0 Å². The van der Waals surface area contributed by atoms with Crippen LogP contribution in [0.3, 0.4) is 0 Å². The summed E-state index contributed by atoms with van der Waals surface area (Å²) in [5.41, 5.74) is 0.158. The predicted molar refractivity (Wildman–Crippen MR) is 102 cm³/mol. The van der Waals surface area contributed by atoms with E-state index in [0.717, 1.165) is 38.2 Å². The Morgan fingerprint density at radius 3 is 2.63 bits per heavy atom. The third-order valence-corrected chi connectivity index (χ3v) is 5.63. The second-order valence-corrected chi connectivity index (χ2v) is 7.68. The molecule has 0 unspecified atom stereocenters. The summed E-state index contributed by atoms with van der Waals surface area (Å²) in [6, 6.07) is 3.23. The molecule has 0 radical (unpaired) electrons. The van der Waals surface area contributed by atoms with Crippen LogP contribution >= 0.6 is 0 Å². The molecule has 30 heavy (non-hydrogen) atoms. The van der Waals surface area contributed by atoms with Crippen molar-refractivity contribution < 1.29 is 27.6 Å². The van der Waals surface area contributed by atoms with Crippen LogP contribution in [0.15, 0.2) is 22.7 Å². The van der Waals surface area contributed by atoms with Gasteiger partial charge in [0, 0.05) is 44.2 Å². The average Bonchev–Trinajstić information content (AvgIpc) is 3.25. The molecule has 0 atom stereocenters. The molecule has 1 aromatic heterocycles. The second-order valence-electron chi connectivity index (χ2n) is 7.68. The lowest BCUT2D eigenvalue weighted by atomic mass is 10.0. The minimum Gasteiger partial charge on any atom is -0.381 e. The Labute approximate surface area is 173 Å². The summed E-state index contributed by atoms with van der Waals surface area (Å²) in [7, 11) is 0. The summed E-state index contributed by atoms with van der Waals surface area (Å²) in [6.07, 6.45) is 3.80. The maximum atomic E-state index is 13.4. The molecule has 0 N–H and O–H groups in total. The Balaban J connectivity index is 1.19. The van der Waals surface area contributed by atoms with Crippen LogP contribution < -0.4 is 0 Å². The molecule has 1 amide bonds. The van der Waals surface area contributed by atoms with Crippen LogP contribution in [0.2, 0.25) is 0 Å². The fourth-order valence-corrected chi connectivity index (χ4v) is 3.83. The molecule has 0 bridgehead atoms. The Bertz CT molecular complexity index is 862. The number of carbonyl (C=O) groups is 1. The van der Waals surface area contributed by atoms with Crippen molar-refractivity contribution in [3.05, 3.63) is 47.1 Å². The van der Waals surface area contributed by atoms with E-state index in [4.69, 9.17) is 14.0 Å². The van der Waals surface area contributed by atoms with E-state index in [1.807, 2.05) is 0 Å². The van der Waals surface area contributed by atoms with Crippen molar-refractivity contribution in [3.8, 4) is 0 Å². The molecule has 4 rings (SSSR count). The molecule has 0 aliphatic carbocycles. The lowest BCUT2D eigenvalue weighted by molar-refractivity contribution is 0.00946. The zero-order chi connectivity index (χ0) is 20.9. The number of hydrogen-bond acceptors (Lipinski definition) is 6. The minimum atomic E-state index is -1.01. The van der Waals surface area contributed by atoms with Crippen molar-refractivity contribution in [2.24, 2.45) is 0 Å². The number of amides is 1. The van der Waals surface area contributed by atoms with Gasteiger partial charge in [0.1, 0.15) is 0 Å². The highest BCUT2D eigenvalue weighted by atomic mass is 19.2. The number of rotatable bonds is 6. The van der Waals surface area contributed by atoms with Gasteiger partial charge in [-0.05, 0) is 43.9 Å². The van der Waals surface area contributed by atoms with Gasteiger partial charge in [-0.1, -0.05) is 5.16 Å². The molecule has 2 aromatic rings. The predicted octanol–water partition coefficient (Wildman–Crippen LogP) is 3.11. The van der Waals surface area contributed by atoms with E-state index in [-0.39, 0.29) is 23.5 Å². The molecule has 3 heterocycles. The number of hydrogen-bond donors (Lipinski definition) is 0. The summed E-state index contributed by atoms with van der Waals surface area (Å²) in [4.78, 5) is 18.6. The summed E-state index contributed by atoms with van der Waals surface area (Å²) in [6.45, 7) is 2.96. The number of aromatic nitrogens is 2. The third kappa shape index (κ3) is 5.02. The Morgan fingerprint density at radius 2 is 1.90 bits per heavy atom. The zero-order valence-electron chi connectivity index (χ0n) is 16.7. The molecular formula is C21H25F2N3O4. The minimum absolute atomic E-state index is 0.0425. The fourth-order valence-electron chi connectivity index (χ4n) is 3.83. The maximum absolute atomic E-state index is 13.4. The highest BCUT2D eigenvalue weighted by molar-refractivity contribution is 5.94. The molecule has 0 spiro atoms. The van der Waals surface area contributed by atoms with Crippen molar-refractivity contribution in [3.63, 3.8) is 0 Å². The zero-order valence-corrected chi connectivity index (χ0v) is 16.7. The Morgan fingerprint density at radius 1 is 1.13 bits per heavy atom. The van der Waals surface area contributed by atoms with Crippen LogP contribution in [0.1, 0.15) is 53.7 Å². The van der Waals surface area contributed by atoms with E-state index in [0.29, 0.717) is 50.7 Å². The van der Waals surface area contributed by atoms with Crippen molar-refractivity contribution in [2.75, 3.05) is 32.9 Å². The van der Waals surface area contributed by atoms with Gasteiger partial charge in [0.25, 0.3) is 5.91 Å². The quantitative estimate of drug-likeness (QED) is 0.713. The van der Waals surface area contributed by atoms with Crippen molar-refractivity contribution in [1.82, 2.24) is 15.0 Å². The second kappa shape index (κ2) is 9.61. The molecule has 1 aromatic carbocycles. The van der Waals surface area contributed by atoms with Gasteiger partial charge in [0.2, 0.25) is 5.89 Å². The third-order valence-electron chi connectivity index (χ3n) is 5.63. The van der Waals surface area contributed by atoms with Gasteiger partial charge in [0.15, 0.2) is 17.5 Å². The number of halogens is 2. The van der Waals surface area contributed by atoms with Gasteiger partial charge in [-0.2, -0.15) is 4.98 Å². The number of benzene rings is 1. The molecule has 7 nitrogen and oxygen atoms in total. The topological polar surface area (TPSA) is 77.7 Å². The maximum Gasteiger partial charge on any atom is 0.253 e. The first-order chi connectivity index (χ1) is 14.6. The standard InChI is InChI=1S/C21H25F2N3O4/c22-17-2-1-15(13-18(17)23)21(27)26-8-3-16(4-9-26)29-12-7-19-24-20(30-25-19)14-5-10-28-11-6-14/h1-2,13-14,16H,3-12H2. The van der Waals surface area contributed by atoms with Gasteiger partial charge < -0.3 is 18.9 Å². The number of carbonyl (C=O) groups excluding carboxylic acids is 1. The first-order valence-corrected chi connectivity index (χ1v) is 10.4. The lowest BCUT2D eigenvalue weighted by Crippen LogP contribution is -2.41. The molecular weight excluding hydrogens is 396 g/mol.